The quantitative estimate of drug-likeness (QED) is 0.542. The number of hydrogen-bond acceptors (Lipinski definition) is 6. The van der Waals surface area contributed by atoms with Gasteiger partial charge in [-0.3, -0.25) is 0 Å². The Morgan fingerprint density at radius 2 is 1.59 bits per heavy atom. The Morgan fingerprint density at radius 3 is 2.34 bits per heavy atom. The van der Waals surface area contributed by atoms with Gasteiger partial charge < -0.3 is 20.3 Å². The molecule has 2 heterocycles. The number of nitrogens with one attached hydrogen (secondary N) is 2. The van der Waals surface area contributed by atoms with E-state index in [4.69, 9.17) is 14.7 Å². The van der Waals surface area contributed by atoms with E-state index in [-0.39, 0.29) is 0 Å². The summed E-state index contributed by atoms with van der Waals surface area (Å²) in [6, 6.07) is 21.3. The highest BCUT2D eigenvalue weighted by Crippen LogP contribution is 2.27. The van der Waals surface area contributed by atoms with Crippen LogP contribution in [0.5, 0.6) is 0 Å². The topological polar surface area (TPSA) is 62.3 Å². The summed E-state index contributed by atoms with van der Waals surface area (Å²) in [5.41, 5.74) is 4.26. The normalized spacial score (nSPS) is 17.2. The lowest BCUT2D eigenvalue weighted by Gasteiger charge is -2.29. The van der Waals surface area contributed by atoms with Gasteiger partial charge in [0, 0.05) is 42.1 Å². The second-order valence-corrected chi connectivity index (χ2v) is 8.58. The number of hydrogen-bond donors (Lipinski definition) is 2. The molecule has 5 rings (SSSR count). The first-order valence-electron chi connectivity index (χ1n) is 11.7. The average molecular weight is 430 g/mol. The minimum absolute atomic E-state index is 0.454. The van der Waals surface area contributed by atoms with Crippen LogP contribution in [0.25, 0.3) is 11.3 Å². The van der Waals surface area contributed by atoms with Crippen molar-refractivity contribution in [3.05, 3.63) is 60.7 Å². The van der Waals surface area contributed by atoms with E-state index in [0.717, 1.165) is 49.1 Å². The van der Waals surface area contributed by atoms with Crippen LogP contribution in [-0.2, 0) is 4.74 Å². The number of nitrogens with zero attached hydrogens (tertiary/aromatic N) is 3. The lowest BCUT2D eigenvalue weighted by Crippen LogP contribution is -2.36. The van der Waals surface area contributed by atoms with Crippen molar-refractivity contribution >= 4 is 23.1 Å². The monoisotopic (exact) mass is 429 g/mol. The molecule has 2 aliphatic rings. The molecular formula is C26H31N5O. The zero-order valence-corrected chi connectivity index (χ0v) is 18.5. The summed E-state index contributed by atoms with van der Waals surface area (Å²) >= 11 is 0. The van der Waals surface area contributed by atoms with Gasteiger partial charge in [-0.05, 0) is 37.1 Å². The molecule has 0 spiro atoms. The highest BCUT2D eigenvalue weighted by Gasteiger charge is 2.16. The van der Waals surface area contributed by atoms with Crippen LogP contribution in [-0.4, -0.2) is 42.3 Å². The smallest absolute Gasteiger partial charge is 0.225 e. The van der Waals surface area contributed by atoms with Crippen LogP contribution in [0.15, 0.2) is 60.7 Å². The van der Waals surface area contributed by atoms with Crippen molar-refractivity contribution in [2.45, 2.75) is 38.1 Å². The second-order valence-electron chi connectivity index (χ2n) is 8.58. The van der Waals surface area contributed by atoms with Crippen molar-refractivity contribution < 1.29 is 4.74 Å². The van der Waals surface area contributed by atoms with Crippen molar-refractivity contribution in [2.75, 3.05) is 41.8 Å². The van der Waals surface area contributed by atoms with Crippen LogP contribution in [0, 0.1) is 0 Å². The maximum Gasteiger partial charge on any atom is 0.225 e. The van der Waals surface area contributed by atoms with Crippen LogP contribution >= 0.6 is 0 Å². The molecule has 1 saturated heterocycles. The average Bonchev–Trinajstić information content (AvgIpc) is 2.86. The highest BCUT2D eigenvalue weighted by atomic mass is 16.5. The zero-order valence-electron chi connectivity index (χ0n) is 18.5. The summed E-state index contributed by atoms with van der Waals surface area (Å²) in [5, 5.41) is 7.08. The van der Waals surface area contributed by atoms with Gasteiger partial charge in [0.15, 0.2) is 0 Å². The molecule has 1 aliphatic heterocycles. The van der Waals surface area contributed by atoms with Crippen molar-refractivity contribution in [2.24, 2.45) is 0 Å². The minimum atomic E-state index is 0.454. The van der Waals surface area contributed by atoms with E-state index in [1.54, 1.807) is 0 Å². The maximum absolute atomic E-state index is 5.46. The maximum atomic E-state index is 5.46. The molecule has 0 radical (unpaired) electrons. The number of aromatic nitrogens is 2. The number of rotatable bonds is 6. The van der Waals surface area contributed by atoms with Crippen LogP contribution in [0.4, 0.5) is 23.1 Å². The molecule has 3 aromatic rings. The molecule has 0 atom stereocenters. The third kappa shape index (κ3) is 5.19. The Bertz CT molecular complexity index is 996. The van der Waals surface area contributed by atoms with Crippen molar-refractivity contribution in [3.8, 4) is 11.3 Å². The zero-order chi connectivity index (χ0) is 21.6. The van der Waals surface area contributed by atoms with Crippen molar-refractivity contribution in [1.82, 2.24) is 9.97 Å². The molecule has 6 nitrogen and oxygen atoms in total. The van der Waals surface area contributed by atoms with Crippen LogP contribution in [0.3, 0.4) is 0 Å². The van der Waals surface area contributed by atoms with Gasteiger partial charge >= 0.3 is 0 Å². The van der Waals surface area contributed by atoms with E-state index >= 15 is 0 Å². The van der Waals surface area contributed by atoms with E-state index in [1.807, 2.05) is 24.3 Å². The second kappa shape index (κ2) is 10.0. The number of morpholine rings is 1. The van der Waals surface area contributed by atoms with Gasteiger partial charge in [-0.1, -0.05) is 49.6 Å². The highest BCUT2D eigenvalue weighted by molar-refractivity contribution is 5.68. The summed E-state index contributed by atoms with van der Waals surface area (Å²) in [6.07, 6.45) is 6.25. The van der Waals surface area contributed by atoms with E-state index in [9.17, 15) is 0 Å². The van der Waals surface area contributed by atoms with E-state index < -0.39 is 0 Å². The number of ether oxygens (including phenoxy) is 1. The predicted octanol–water partition coefficient (Wildman–Crippen LogP) is 5.47. The SMILES string of the molecule is c1ccc(-c2cc(Nc3ccc(N4CCOCC4)cc3)nc(NC3CCCCC3)n2)cc1. The van der Waals surface area contributed by atoms with E-state index in [0.29, 0.717) is 12.0 Å². The molecule has 0 amide bonds. The molecule has 1 saturated carbocycles. The summed E-state index contributed by atoms with van der Waals surface area (Å²) in [6.45, 7) is 3.46. The van der Waals surface area contributed by atoms with Gasteiger partial charge in [0.1, 0.15) is 5.82 Å². The van der Waals surface area contributed by atoms with Gasteiger partial charge in [-0.25, -0.2) is 4.98 Å². The molecular weight excluding hydrogens is 398 g/mol. The lowest BCUT2D eigenvalue weighted by atomic mass is 9.96. The van der Waals surface area contributed by atoms with Crippen molar-refractivity contribution in [3.63, 3.8) is 0 Å². The summed E-state index contributed by atoms with van der Waals surface area (Å²) in [5.74, 6) is 1.50. The van der Waals surface area contributed by atoms with Gasteiger partial charge in [0.05, 0.1) is 18.9 Å². The molecule has 2 fully saturated rings. The minimum Gasteiger partial charge on any atom is -0.378 e. The van der Waals surface area contributed by atoms with Gasteiger partial charge in [-0.2, -0.15) is 4.98 Å². The van der Waals surface area contributed by atoms with Gasteiger partial charge in [0.25, 0.3) is 0 Å². The molecule has 2 N–H and O–H groups in total. The molecule has 6 heteroatoms. The standard InChI is InChI=1S/C26H31N5O/c1-3-7-20(8-4-1)24-19-25(30-26(29-24)28-21-9-5-2-6-10-21)27-22-11-13-23(14-12-22)31-15-17-32-18-16-31/h1,3-4,7-8,11-14,19,21H,2,5-6,9-10,15-18H2,(H2,27,28,29,30). The Kier molecular flexibility index (Phi) is 6.49. The summed E-state index contributed by atoms with van der Waals surface area (Å²) in [4.78, 5) is 12.0. The van der Waals surface area contributed by atoms with Crippen LogP contribution in [0.1, 0.15) is 32.1 Å². The Labute approximate surface area is 190 Å². The van der Waals surface area contributed by atoms with Gasteiger partial charge in [-0.15, -0.1) is 0 Å². The Balaban J connectivity index is 1.37. The first-order chi connectivity index (χ1) is 15.8. The lowest BCUT2D eigenvalue weighted by molar-refractivity contribution is 0.122. The Morgan fingerprint density at radius 1 is 0.844 bits per heavy atom. The molecule has 0 bridgehead atoms. The summed E-state index contributed by atoms with van der Waals surface area (Å²) < 4.78 is 5.46. The number of anilines is 4. The molecule has 1 aromatic heterocycles. The fourth-order valence-electron chi connectivity index (χ4n) is 4.49. The molecule has 1 aliphatic carbocycles. The number of benzene rings is 2. The molecule has 166 valence electrons. The van der Waals surface area contributed by atoms with Crippen molar-refractivity contribution in [1.29, 1.82) is 0 Å². The van der Waals surface area contributed by atoms with E-state index in [1.165, 1.54) is 37.8 Å². The first-order valence-corrected chi connectivity index (χ1v) is 11.7. The first kappa shape index (κ1) is 20.8. The summed E-state index contributed by atoms with van der Waals surface area (Å²) in [7, 11) is 0. The fourth-order valence-corrected chi connectivity index (χ4v) is 4.49. The third-order valence-corrected chi connectivity index (χ3v) is 6.25. The molecule has 2 aromatic carbocycles. The predicted molar refractivity (Wildman–Crippen MR) is 131 cm³/mol. The Hall–Kier alpha value is -3.12. The molecule has 32 heavy (non-hydrogen) atoms. The third-order valence-electron chi connectivity index (χ3n) is 6.25. The largest absolute Gasteiger partial charge is 0.378 e. The fraction of sp³-hybridized carbons (Fsp3) is 0.385. The van der Waals surface area contributed by atoms with Crippen LogP contribution < -0.4 is 15.5 Å². The van der Waals surface area contributed by atoms with E-state index in [2.05, 4.69) is 51.9 Å². The van der Waals surface area contributed by atoms with Gasteiger partial charge in [0.2, 0.25) is 5.95 Å². The van der Waals surface area contributed by atoms with Crippen LogP contribution in [0.2, 0.25) is 0 Å². The molecule has 0 unspecified atom stereocenters.